The van der Waals surface area contributed by atoms with Gasteiger partial charge >= 0.3 is 37.9 Å². The first kappa shape index (κ1) is 11.5. The van der Waals surface area contributed by atoms with Crippen molar-refractivity contribution in [3.8, 4) is 0 Å². The van der Waals surface area contributed by atoms with Gasteiger partial charge in [-0.3, -0.25) is 0 Å². The van der Waals surface area contributed by atoms with Gasteiger partial charge in [-0.25, -0.2) is 0 Å². The van der Waals surface area contributed by atoms with Crippen molar-refractivity contribution in [3.63, 3.8) is 0 Å². The third-order valence-electron chi connectivity index (χ3n) is 1.83. The summed E-state index contributed by atoms with van der Waals surface area (Å²) >= 11 is -0.826. The molecule has 0 aliphatic heterocycles. The quantitative estimate of drug-likeness (QED) is 0.639. The zero-order chi connectivity index (χ0) is 9.68. The van der Waals surface area contributed by atoms with Crippen LogP contribution in [0.2, 0.25) is 0 Å². The van der Waals surface area contributed by atoms with Gasteiger partial charge in [-0.15, -0.1) is 47.0 Å². The third kappa shape index (κ3) is 3.58. The van der Waals surface area contributed by atoms with Crippen LogP contribution in [0.25, 0.3) is 6.08 Å². The number of hydrogen-bond donors (Lipinski definition) is 0. The van der Waals surface area contributed by atoms with Crippen molar-refractivity contribution in [1.82, 2.24) is 0 Å². The molecule has 0 fully saturated rings. The summed E-state index contributed by atoms with van der Waals surface area (Å²) in [4.78, 5) is 0. The second-order valence-electron chi connectivity index (χ2n) is 2.79. The van der Waals surface area contributed by atoms with E-state index in [0.29, 0.717) is 0 Å². The standard InChI is InChI=1S/C10H9.2ClH.Zr/c1-8-5-6-9-3-2-4-10(9)7-8;;;/h2-3,5,7H,4H2,1H3;2*1H;/q-1;;;+2/p-2. The van der Waals surface area contributed by atoms with Crippen LogP contribution >= 0.6 is 17.0 Å². The van der Waals surface area contributed by atoms with Gasteiger partial charge in [-0.1, -0.05) is 13.3 Å². The molecule has 1 aromatic carbocycles. The van der Waals surface area contributed by atoms with E-state index < -0.39 is 20.8 Å². The predicted molar refractivity (Wildman–Crippen MR) is 54.5 cm³/mol. The van der Waals surface area contributed by atoms with E-state index in [9.17, 15) is 0 Å². The minimum atomic E-state index is -0.826. The fraction of sp³-hybridized carbons (Fsp3) is 0.200. The van der Waals surface area contributed by atoms with Gasteiger partial charge < -0.3 is 0 Å². The number of halogens is 2. The van der Waals surface area contributed by atoms with E-state index in [0.717, 1.165) is 6.42 Å². The summed E-state index contributed by atoms with van der Waals surface area (Å²) in [7, 11) is 9.87. The van der Waals surface area contributed by atoms with E-state index in [1.165, 1.54) is 16.7 Å². The fourth-order valence-electron chi connectivity index (χ4n) is 1.31. The Kier molecular flexibility index (Phi) is 5.32. The molecule has 1 aromatic rings. The molecule has 1 aliphatic rings. The molecule has 68 valence electrons. The fourth-order valence-corrected chi connectivity index (χ4v) is 1.31. The van der Waals surface area contributed by atoms with E-state index in [1.807, 2.05) is 6.07 Å². The summed E-state index contributed by atoms with van der Waals surface area (Å²) in [5.41, 5.74) is 3.99. The van der Waals surface area contributed by atoms with E-state index >= 15 is 0 Å². The molecule has 0 N–H and O–H groups in total. The Morgan fingerprint density at radius 1 is 1.46 bits per heavy atom. The molecule has 0 aromatic heterocycles. The van der Waals surface area contributed by atoms with Crippen LogP contribution in [0.1, 0.15) is 16.7 Å². The Labute approximate surface area is 97.6 Å². The molecule has 0 heterocycles. The molecule has 0 amide bonds. The van der Waals surface area contributed by atoms with Crippen molar-refractivity contribution in [2.45, 2.75) is 13.3 Å². The van der Waals surface area contributed by atoms with Gasteiger partial charge in [0, 0.05) is 0 Å². The molecule has 0 saturated heterocycles. The molecular formula is C10H9Cl2Zr-. The van der Waals surface area contributed by atoms with E-state index in [2.05, 4.69) is 31.2 Å². The van der Waals surface area contributed by atoms with Gasteiger partial charge in [0.05, 0.1) is 0 Å². The molecule has 0 saturated carbocycles. The second-order valence-corrected chi connectivity index (χ2v) is 6.53. The average Bonchev–Trinajstić information content (AvgIpc) is 2.52. The van der Waals surface area contributed by atoms with Crippen molar-refractivity contribution in [2.75, 3.05) is 0 Å². The van der Waals surface area contributed by atoms with Gasteiger partial charge in [0.25, 0.3) is 0 Å². The topological polar surface area (TPSA) is 0 Å². The van der Waals surface area contributed by atoms with Crippen LogP contribution < -0.4 is 0 Å². The van der Waals surface area contributed by atoms with Crippen molar-refractivity contribution in [1.29, 1.82) is 0 Å². The van der Waals surface area contributed by atoms with Gasteiger partial charge in [-0.05, 0) is 0 Å². The second kappa shape index (κ2) is 6.01. The summed E-state index contributed by atoms with van der Waals surface area (Å²) in [6.07, 6.45) is 5.41. The normalized spacial score (nSPS) is 11.6. The van der Waals surface area contributed by atoms with Crippen LogP contribution in [0, 0.1) is 13.0 Å². The van der Waals surface area contributed by atoms with Crippen LogP contribution in [-0.4, -0.2) is 0 Å². The summed E-state index contributed by atoms with van der Waals surface area (Å²) in [6.45, 7) is 2.11. The summed E-state index contributed by atoms with van der Waals surface area (Å²) < 4.78 is 0. The van der Waals surface area contributed by atoms with E-state index in [1.54, 1.807) is 0 Å². The molecule has 2 rings (SSSR count). The van der Waals surface area contributed by atoms with Crippen molar-refractivity contribution in [3.05, 3.63) is 41.0 Å². The summed E-state index contributed by atoms with van der Waals surface area (Å²) in [6, 6.07) is 7.49. The molecule has 0 bridgehead atoms. The van der Waals surface area contributed by atoms with E-state index in [4.69, 9.17) is 17.0 Å². The monoisotopic (exact) mass is 289 g/mol. The Balaban J connectivity index is 0.000000251. The molecule has 1 aliphatic carbocycles. The van der Waals surface area contributed by atoms with Crippen LogP contribution in [0.4, 0.5) is 0 Å². The third-order valence-corrected chi connectivity index (χ3v) is 1.83. The van der Waals surface area contributed by atoms with Crippen LogP contribution in [0.5, 0.6) is 0 Å². The number of fused-ring (bicyclic) bond motifs is 1. The maximum absolute atomic E-state index is 4.93. The minimum absolute atomic E-state index is 0.826. The summed E-state index contributed by atoms with van der Waals surface area (Å²) in [5, 5.41) is 0. The van der Waals surface area contributed by atoms with Gasteiger partial charge in [0.15, 0.2) is 0 Å². The van der Waals surface area contributed by atoms with E-state index in [-0.39, 0.29) is 0 Å². The Bertz CT molecular complexity index is 308. The Morgan fingerprint density at radius 2 is 2.15 bits per heavy atom. The number of benzene rings is 1. The van der Waals surface area contributed by atoms with Gasteiger partial charge in [0.1, 0.15) is 0 Å². The molecule has 0 spiro atoms. The number of aryl methyl sites for hydroxylation is 1. The number of hydrogen-bond acceptors (Lipinski definition) is 0. The Hall–Kier alpha value is 0.423. The maximum atomic E-state index is 4.93. The van der Waals surface area contributed by atoms with Crippen LogP contribution in [0.15, 0.2) is 18.2 Å². The van der Waals surface area contributed by atoms with Crippen molar-refractivity contribution >= 4 is 23.1 Å². The summed E-state index contributed by atoms with van der Waals surface area (Å²) in [5.74, 6) is 0. The predicted octanol–water partition coefficient (Wildman–Crippen LogP) is 3.74. The van der Waals surface area contributed by atoms with Crippen molar-refractivity contribution < 1.29 is 20.8 Å². The molecule has 0 atom stereocenters. The van der Waals surface area contributed by atoms with Crippen molar-refractivity contribution in [2.24, 2.45) is 0 Å². The first-order valence-electron chi connectivity index (χ1n) is 3.92. The molecule has 0 unspecified atom stereocenters. The molecule has 0 radical (unpaired) electrons. The molecule has 3 heteroatoms. The average molecular weight is 291 g/mol. The number of rotatable bonds is 0. The number of allylic oxidation sites excluding steroid dienone is 1. The van der Waals surface area contributed by atoms with Crippen LogP contribution in [-0.2, 0) is 27.3 Å². The van der Waals surface area contributed by atoms with Gasteiger partial charge in [0.2, 0.25) is 0 Å². The SMILES string of the molecule is Cc1c[c-]c2c(c1)CC=C2.[Cl][Zr][Cl]. The first-order chi connectivity index (χ1) is 6.27. The molecule has 0 nitrogen and oxygen atoms in total. The molecular weight excluding hydrogens is 282 g/mol. The molecule has 13 heavy (non-hydrogen) atoms. The first-order valence-corrected chi connectivity index (χ1v) is 10.2. The van der Waals surface area contributed by atoms with Crippen LogP contribution in [0.3, 0.4) is 0 Å². The zero-order valence-electron chi connectivity index (χ0n) is 7.27. The van der Waals surface area contributed by atoms with Gasteiger partial charge in [-0.2, -0.15) is 0 Å². The Morgan fingerprint density at radius 3 is 2.85 bits per heavy atom. The zero-order valence-corrected chi connectivity index (χ0v) is 11.2.